The molecule has 202 valence electrons. The van der Waals surface area contributed by atoms with Crippen molar-refractivity contribution in [3.63, 3.8) is 0 Å². The van der Waals surface area contributed by atoms with Gasteiger partial charge in [-0.05, 0) is 79.4 Å². The zero-order valence-corrected chi connectivity index (χ0v) is 23.8. The van der Waals surface area contributed by atoms with Gasteiger partial charge >= 0.3 is 5.97 Å². The van der Waals surface area contributed by atoms with Crippen molar-refractivity contribution in [1.82, 2.24) is 25.5 Å². The smallest absolute Gasteiger partial charge is 0.329 e. The van der Waals surface area contributed by atoms with Crippen molar-refractivity contribution in [2.75, 3.05) is 0 Å². The van der Waals surface area contributed by atoms with Crippen molar-refractivity contribution in [2.45, 2.75) is 77.5 Å². The van der Waals surface area contributed by atoms with Crippen LogP contribution in [0.5, 0.6) is 0 Å². The number of likely N-dealkylation sites (tertiary alicyclic amines) is 1. The van der Waals surface area contributed by atoms with Crippen LogP contribution < -0.4 is 0 Å². The summed E-state index contributed by atoms with van der Waals surface area (Å²) in [5.74, 6) is -0.293. The Balaban J connectivity index is 1.91. The molecule has 0 radical (unpaired) electrons. The van der Waals surface area contributed by atoms with E-state index < -0.39 is 29.1 Å². The summed E-state index contributed by atoms with van der Waals surface area (Å²) < 4.78 is 5.82. The summed E-state index contributed by atoms with van der Waals surface area (Å²) in [6.45, 7) is 9.26. The van der Waals surface area contributed by atoms with Crippen LogP contribution in [0, 0.1) is 5.41 Å². The maximum Gasteiger partial charge on any atom is 0.329 e. The van der Waals surface area contributed by atoms with Crippen LogP contribution in [0.4, 0.5) is 0 Å². The minimum absolute atomic E-state index is 0.162. The molecule has 1 fully saturated rings. The lowest BCUT2D eigenvalue weighted by Crippen LogP contribution is -2.58. The average molecular weight is 559 g/mol. The number of amides is 1. The highest BCUT2D eigenvalue weighted by molar-refractivity contribution is 6.30. The van der Waals surface area contributed by atoms with E-state index in [1.165, 1.54) is 0 Å². The number of aromatic nitrogens is 4. The lowest BCUT2D eigenvalue weighted by Gasteiger charge is -2.51. The van der Waals surface area contributed by atoms with Gasteiger partial charge < -0.3 is 9.64 Å². The topological polar surface area (TPSA) is 101 Å². The SMILES string of the molecule is CCC(C(=O)OC(C)(C)C)N1C(=O)[C@@](C)(Cc2nnn[nH]2)C[C@H](c2cccc(Cl)c2)[C@H]1c1ccc(Cl)cc1. The number of nitrogens with zero attached hydrogens (tertiary/aromatic N) is 4. The Labute approximate surface area is 233 Å². The number of piperidine rings is 1. The maximum atomic E-state index is 14.5. The Morgan fingerprint density at radius 1 is 1.16 bits per heavy atom. The number of tetrazole rings is 1. The Kier molecular flexibility index (Phi) is 8.14. The molecule has 1 saturated heterocycles. The fraction of sp³-hybridized carbons (Fsp3) is 0.464. The molecule has 0 bridgehead atoms. The second-order valence-corrected chi connectivity index (χ2v) is 12.0. The van der Waals surface area contributed by atoms with Gasteiger partial charge in [-0.25, -0.2) is 9.89 Å². The lowest BCUT2D eigenvalue weighted by molar-refractivity contribution is -0.173. The van der Waals surface area contributed by atoms with E-state index in [9.17, 15) is 9.59 Å². The fourth-order valence-corrected chi connectivity index (χ4v) is 5.68. The van der Waals surface area contributed by atoms with Gasteiger partial charge in [0.05, 0.1) is 11.5 Å². The molecule has 3 aromatic rings. The van der Waals surface area contributed by atoms with E-state index in [0.717, 1.165) is 11.1 Å². The van der Waals surface area contributed by atoms with Gasteiger partial charge in [-0.1, -0.05) is 61.3 Å². The Hall–Kier alpha value is -2.97. The Morgan fingerprint density at radius 2 is 1.87 bits per heavy atom. The highest BCUT2D eigenvalue weighted by atomic mass is 35.5. The third kappa shape index (κ3) is 6.02. The molecule has 1 amide bonds. The number of esters is 1. The highest BCUT2D eigenvalue weighted by Crippen LogP contribution is 2.52. The molecule has 1 aliphatic rings. The summed E-state index contributed by atoms with van der Waals surface area (Å²) in [7, 11) is 0. The molecule has 0 aliphatic carbocycles. The zero-order chi connectivity index (χ0) is 27.7. The third-order valence-corrected chi connectivity index (χ3v) is 7.43. The van der Waals surface area contributed by atoms with Gasteiger partial charge in [0.25, 0.3) is 0 Å². The largest absolute Gasteiger partial charge is 0.458 e. The van der Waals surface area contributed by atoms with Gasteiger partial charge in [-0.2, -0.15) is 0 Å². The van der Waals surface area contributed by atoms with Crippen LogP contribution in [-0.2, 0) is 20.7 Å². The predicted molar refractivity (Wildman–Crippen MR) is 146 cm³/mol. The number of hydrogen-bond donors (Lipinski definition) is 1. The van der Waals surface area contributed by atoms with E-state index in [1.807, 2.05) is 71.0 Å². The molecule has 1 N–H and O–H groups in total. The molecule has 10 heteroatoms. The number of aromatic amines is 1. The van der Waals surface area contributed by atoms with Crippen molar-refractivity contribution in [2.24, 2.45) is 5.41 Å². The number of halogens is 2. The molecule has 1 unspecified atom stereocenters. The molecule has 0 spiro atoms. The molecule has 4 rings (SSSR count). The van der Waals surface area contributed by atoms with E-state index in [1.54, 1.807) is 17.0 Å². The van der Waals surface area contributed by atoms with Crippen LogP contribution in [0.15, 0.2) is 48.5 Å². The first-order valence-electron chi connectivity index (χ1n) is 12.7. The summed E-state index contributed by atoms with van der Waals surface area (Å²) in [5, 5.41) is 15.4. The number of nitrogens with one attached hydrogen (secondary N) is 1. The standard InChI is InChI=1S/C28H33Cl2N5O3/c1-6-22(25(36)38-27(2,3)4)35-24(17-10-12-19(29)13-11-17)21(18-8-7-9-20(30)14-18)15-28(5,26(35)37)16-23-31-33-34-32-23/h7-14,21-22,24H,6,15-16H2,1-5H3,(H,31,32,33,34)/t21-,22?,24-,28-/m1/s1. The first-order valence-corrected chi connectivity index (χ1v) is 13.5. The van der Waals surface area contributed by atoms with E-state index in [4.69, 9.17) is 27.9 Å². The van der Waals surface area contributed by atoms with Crippen molar-refractivity contribution < 1.29 is 14.3 Å². The first-order chi connectivity index (χ1) is 17.9. The molecule has 1 aliphatic heterocycles. The molecule has 1 aromatic heterocycles. The number of hydrogen-bond acceptors (Lipinski definition) is 6. The Morgan fingerprint density at radius 3 is 2.45 bits per heavy atom. The second kappa shape index (κ2) is 11.0. The lowest BCUT2D eigenvalue weighted by atomic mass is 9.67. The summed E-state index contributed by atoms with van der Waals surface area (Å²) >= 11 is 12.7. The van der Waals surface area contributed by atoms with Gasteiger partial charge in [0.15, 0.2) is 0 Å². The van der Waals surface area contributed by atoms with Crippen LogP contribution in [-0.4, -0.2) is 49.0 Å². The fourth-order valence-electron chi connectivity index (χ4n) is 5.36. The quantitative estimate of drug-likeness (QED) is 0.361. The molecule has 2 aromatic carbocycles. The van der Waals surface area contributed by atoms with Crippen LogP contribution in [0.25, 0.3) is 0 Å². The van der Waals surface area contributed by atoms with Crippen molar-refractivity contribution in [3.05, 3.63) is 75.5 Å². The monoisotopic (exact) mass is 557 g/mol. The number of H-pyrrole nitrogens is 1. The van der Waals surface area contributed by atoms with Gasteiger partial charge in [0.1, 0.15) is 17.5 Å². The van der Waals surface area contributed by atoms with Crippen molar-refractivity contribution in [1.29, 1.82) is 0 Å². The predicted octanol–water partition coefficient (Wildman–Crippen LogP) is 5.93. The molecule has 8 nitrogen and oxygen atoms in total. The average Bonchev–Trinajstić information content (AvgIpc) is 3.34. The molecule has 38 heavy (non-hydrogen) atoms. The van der Waals surface area contributed by atoms with Crippen LogP contribution >= 0.6 is 23.2 Å². The second-order valence-electron chi connectivity index (χ2n) is 11.1. The maximum absolute atomic E-state index is 14.5. The molecule has 2 heterocycles. The molecule has 4 atom stereocenters. The minimum atomic E-state index is -0.910. The number of benzene rings is 2. The summed E-state index contributed by atoms with van der Waals surface area (Å²) in [6.07, 6.45) is 1.15. The van der Waals surface area contributed by atoms with E-state index in [0.29, 0.717) is 28.7 Å². The van der Waals surface area contributed by atoms with Gasteiger partial charge in [-0.3, -0.25) is 4.79 Å². The zero-order valence-electron chi connectivity index (χ0n) is 22.2. The van der Waals surface area contributed by atoms with Gasteiger partial charge in [-0.15, -0.1) is 5.10 Å². The van der Waals surface area contributed by atoms with Crippen molar-refractivity contribution in [3.8, 4) is 0 Å². The molecular weight excluding hydrogens is 525 g/mol. The van der Waals surface area contributed by atoms with Crippen LogP contribution in [0.3, 0.4) is 0 Å². The number of carbonyl (C=O) groups excluding carboxylic acids is 2. The van der Waals surface area contributed by atoms with E-state index >= 15 is 0 Å². The normalized spacial score (nSPS) is 22.8. The van der Waals surface area contributed by atoms with E-state index in [2.05, 4.69) is 20.6 Å². The Bertz CT molecular complexity index is 1280. The highest BCUT2D eigenvalue weighted by Gasteiger charge is 2.53. The van der Waals surface area contributed by atoms with Crippen LogP contribution in [0.1, 0.15) is 76.4 Å². The number of ether oxygens (including phenoxy) is 1. The van der Waals surface area contributed by atoms with Gasteiger partial charge in [0.2, 0.25) is 5.91 Å². The third-order valence-electron chi connectivity index (χ3n) is 6.94. The minimum Gasteiger partial charge on any atom is -0.458 e. The molecular formula is C28H33Cl2N5O3. The molecule has 0 saturated carbocycles. The van der Waals surface area contributed by atoms with Crippen molar-refractivity contribution >= 4 is 35.1 Å². The van der Waals surface area contributed by atoms with Crippen LogP contribution in [0.2, 0.25) is 10.0 Å². The van der Waals surface area contributed by atoms with Gasteiger partial charge in [0, 0.05) is 22.4 Å². The number of rotatable bonds is 7. The first kappa shape index (κ1) is 28.0. The summed E-state index contributed by atoms with van der Waals surface area (Å²) in [4.78, 5) is 29.8. The summed E-state index contributed by atoms with van der Waals surface area (Å²) in [6, 6.07) is 13.8. The summed E-state index contributed by atoms with van der Waals surface area (Å²) in [5.41, 5.74) is 0.223. The van der Waals surface area contributed by atoms with E-state index in [-0.39, 0.29) is 18.2 Å². The number of carbonyl (C=O) groups is 2.